The van der Waals surface area contributed by atoms with Crippen LogP contribution >= 0.6 is 22.6 Å². The van der Waals surface area contributed by atoms with Crippen molar-refractivity contribution in [1.82, 2.24) is 10.2 Å². The molecule has 1 fully saturated rings. The van der Waals surface area contributed by atoms with Crippen molar-refractivity contribution in [3.8, 4) is 0 Å². The van der Waals surface area contributed by atoms with E-state index in [2.05, 4.69) is 57.1 Å². The fourth-order valence-electron chi connectivity index (χ4n) is 2.37. The summed E-state index contributed by atoms with van der Waals surface area (Å²) >= 11 is 2.31. The van der Waals surface area contributed by atoms with Crippen LogP contribution in [0, 0.1) is 3.57 Å². The van der Waals surface area contributed by atoms with Gasteiger partial charge in [-0.2, -0.15) is 0 Å². The van der Waals surface area contributed by atoms with Crippen molar-refractivity contribution in [2.75, 3.05) is 32.9 Å². The highest BCUT2D eigenvalue weighted by molar-refractivity contribution is 14.1. The number of nitrogens with one attached hydrogen (secondary N) is 1. The van der Waals surface area contributed by atoms with Crippen LogP contribution in [0.1, 0.15) is 18.0 Å². The average Bonchev–Trinajstić information content (AvgIpc) is 2.37. The zero-order valence-corrected chi connectivity index (χ0v) is 12.0. The quantitative estimate of drug-likeness (QED) is 0.842. The van der Waals surface area contributed by atoms with Gasteiger partial charge >= 0.3 is 0 Å². The van der Waals surface area contributed by atoms with Crippen LogP contribution in [0.3, 0.4) is 0 Å². The highest BCUT2D eigenvalue weighted by Gasteiger charge is 2.21. The molecule has 1 atom stereocenters. The van der Waals surface area contributed by atoms with E-state index in [9.17, 15) is 4.39 Å². The summed E-state index contributed by atoms with van der Waals surface area (Å²) in [4.78, 5) is 2.39. The van der Waals surface area contributed by atoms with Crippen LogP contribution in [-0.4, -0.2) is 37.8 Å². The zero-order chi connectivity index (χ0) is 12.1. The van der Waals surface area contributed by atoms with Gasteiger partial charge in [0, 0.05) is 35.8 Å². The molecular formula is C13H18FIN2. The summed E-state index contributed by atoms with van der Waals surface area (Å²) in [5.74, 6) is 0. The van der Waals surface area contributed by atoms with Crippen LogP contribution in [0.4, 0.5) is 4.39 Å². The molecule has 0 spiro atoms. The minimum absolute atomic E-state index is 0.233. The molecule has 0 aromatic heterocycles. The summed E-state index contributed by atoms with van der Waals surface area (Å²) in [5.41, 5.74) is 1.25. The van der Waals surface area contributed by atoms with Gasteiger partial charge < -0.3 is 5.32 Å². The maximum absolute atomic E-state index is 12.7. The van der Waals surface area contributed by atoms with Gasteiger partial charge in [0.15, 0.2) is 0 Å². The molecule has 1 saturated heterocycles. The van der Waals surface area contributed by atoms with Gasteiger partial charge in [-0.3, -0.25) is 9.29 Å². The second kappa shape index (κ2) is 6.66. The van der Waals surface area contributed by atoms with Crippen molar-refractivity contribution in [2.24, 2.45) is 0 Å². The Hall–Kier alpha value is -0.200. The van der Waals surface area contributed by atoms with E-state index in [1.54, 1.807) is 0 Å². The van der Waals surface area contributed by atoms with E-state index in [0.717, 1.165) is 26.2 Å². The highest BCUT2D eigenvalue weighted by Crippen LogP contribution is 2.26. The fourth-order valence-corrected chi connectivity index (χ4v) is 2.94. The Kier molecular flexibility index (Phi) is 5.18. The van der Waals surface area contributed by atoms with E-state index in [0.29, 0.717) is 6.42 Å². The third-order valence-electron chi connectivity index (χ3n) is 3.21. The van der Waals surface area contributed by atoms with E-state index in [1.165, 1.54) is 9.13 Å². The van der Waals surface area contributed by atoms with Gasteiger partial charge in [-0.1, -0.05) is 12.1 Å². The second-order valence-corrected chi connectivity index (χ2v) is 5.58. The molecule has 1 aromatic rings. The van der Waals surface area contributed by atoms with Gasteiger partial charge in [-0.15, -0.1) is 0 Å². The van der Waals surface area contributed by atoms with E-state index < -0.39 is 0 Å². The van der Waals surface area contributed by atoms with Crippen molar-refractivity contribution in [1.29, 1.82) is 0 Å². The monoisotopic (exact) mass is 348 g/mol. The molecule has 0 saturated carbocycles. The molecule has 0 unspecified atom stereocenters. The van der Waals surface area contributed by atoms with E-state index >= 15 is 0 Å². The number of hydrogen-bond acceptors (Lipinski definition) is 2. The van der Waals surface area contributed by atoms with Crippen molar-refractivity contribution in [3.63, 3.8) is 0 Å². The minimum atomic E-state index is -0.250. The number of benzene rings is 1. The van der Waals surface area contributed by atoms with E-state index in [1.807, 2.05) is 0 Å². The highest BCUT2D eigenvalue weighted by atomic mass is 127. The van der Waals surface area contributed by atoms with Crippen LogP contribution < -0.4 is 5.32 Å². The number of piperazine rings is 1. The SMILES string of the molecule is FCC[C@H](c1cccc(I)c1)N1CCNCC1. The van der Waals surface area contributed by atoms with Crippen molar-refractivity contribution < 1.29 is 4.39 Å². The van der Waals surface area contributed by atoms with E-state index in [-0.39, 0.29) is 12.7 Å². The first-order chi connectivity index (χ1) is 8.31. The molecule has 94 valence electrons. The molecule has 1 aliphatic heterocycles. The standard InChI is InChI=1S/C13H18FIN2/c14-5-4-13(17-8-6-16-7-9-17)11-2-1-3-12(15)10-11/h1-3,10,13,16H,4-9H2/t13-/m1/s1. The van der Waals surface area contributed by atoms with Crippen LogP contribution in [0.2, 0.25) is 0 Å². The van der Waals surface area contributed by atoms with Crippen LogP contribution in [0.5, 0.6) is 0 Å². The van der Waals surface area contributed by atoms with E-state index in [4.69, 9.17) is 0 Å². The second-order valence-electron chi connectivity index (χ2n) is 4.33. The molecule has 0 amide bonds. The van der Waals surface area contributed by atoms with Crippen molar-refractivity contribution in [3.05, 3.63) is 33.4 Å². The molecule has 0 aliphatic carbocycles. The largest absolute Gasteiger partial charge is 0.314 e. The van der Waals surface area contributed by atoms with Crippen LogP contribution in [0.15, 0.2) is 24.3 Å². The molecule has 1 heterocycles. The number of halogens is 2. The molecule has 2 nitrogen and oxygen atoms in total. The lowest BCUT2D eigenvalue weighted by Gasteiger charge is -2.35. The predicted octanol–water partition coefficient (Wildman–Crippen LogP) is 2.60. The van der Waals surface area contributed by atoms with Gasteiger partial charge in [-0.05, 0) is 46.7 Å². The predicted molar refractivity (Wildman–Crippen MR) is 76.9 cm³/mol. The van der Waals surface area contributed by atoms with Gasteiger partial charge in [0.25, 0.3) is 0 Å². The topological polar surface area (TPSA) is 15.3 Å². The Bertz CT molecular complexity index is 353. The number of nitrogens with zero attached hydrogens (tertiary/aromatic N) is 1. The summed E-state index contributed by atoms with van der Waals surface area (Å²) < 4.78 is 14.0. The Morgan fingerprint density at radius 1 is 1.35 bits per heavy atom. The summed E-state index contributed by atoms with van der Waals surface area (Å²) in [5, 5.41) is 3.34. The molecule has 1 aromatic carbocycles. The van der Waals surface area contributed by atoms with Gasteiger partial charge in [-0.25, -0.2) is 0 Å². The lowest BCUT2D eigenvalue weighted by molar-refractivity contribution is 0.157. The Labute approximate surface area is 116 Å². The smallest absolute Gasteiger partial charge is 0.0912 e. The molecule has 17 heavy (non-hydrogen) atoms. The summed E-state index contributed by atoms with van der Waals surface area (Å²) in [6.45, 7) is 3.78. The Morgan fingerprint density at radius 3 is 2.76 bits per heavy atom. The Morgan fingerprint density at radius 2 is 2.12 bits per heavy atom. The molecule has 4 heteroatoms. The van der Waals surface area contributed by atoms with Gasteiger partial charge in [0.1, 0.15) is 0 Å². The first kappa shape index (κ1) is 13.2. The van der Waals surface area contributed by atoms with Gasteiger partial charge in [0.2, 0.25) is 0 Å². The number of alkyl halides is 1. The van der Waals surface area contributed by atoms with Gasteiger partial charge in [0.05, 0.1) is 6.67 Å². The molecular weight excluding hydrogens is 330 g/mol. The zero-order valence-electron chi connectivity index (χ0n) is 9.83. The number of hydrogen-bond donors (Lipinski definition) is 1. The third kappa shape index (κ3) is 3.63. The third-order valence-corrected chi connectivity index (χ3v) is 3.88. The van der Waals surface area contributed by atoms with Crippen LogP contribution in [-0.2, 0) is 0 Å². The number of rotatable bonds is 4. The average molecular weight is 348 g/mol. The van der Waals surface area contributed by atoms with Crippen molar-refractivity contribution >= 4 is 22.6 Å². The molecule has 2 rings (SSSR count). The normalized spacial score (nSPS) is 19.2. The first-order valence-electron chi connectivity index (χ1n) is 6.07. The minimum Gasteiger partial charge on any atom is -0.314 e. The summed E-state index contributed by atoms with van der Waals surface area (Å²) in [6.07, 6.45) is 0.597. The van der Waals surface area contributed by atoms with Crippen LogP contribution in [0.25, 0.3) is 0 Å². The molecule has 0 bridgehead atoms. The lowest BCUT2D eigenvalue weighted by atomic mass is 10.0. The fraction of sp³-hybridized carbons (Fsp3) is 0.538. The molecule has 1 N–H and O–H groups in total. The molecule has 1 aliphatic rings. The lowest BCUT2D eigenvalue weighted by Crippen LogP contribution is -2.45. The molecule has 0 radical (unpaired) electrons. The maximum Gasteiger partial charge on any atom is 0.0912 e. The first-order valence-corrected chi connectivity index (χ1v) is 7.15. The Balaban J connectivity index is 2.15. The summed E-state index contributed by atoms with van der Waals surface area (Å²) in [6, 6.07) is 8.66. The van der Waals surface area contributed by atoms with Crippen molar-refractivity contribution in [2.45, 2.75) is 12.5 Å². The maximum atomic E-state index is 12.7. The summed E-state index contributed by atoms with van der Waals surface area (Å²) in [7, 11) is 0.